The molecule has 0 aliphatic heterocycles. The largest absolute Gasteiger partial charge is 0.514 e. The SMILES string of the molecule is CCOC(=O)Oc1c(OC)cc(C(=O)OCCCCN(CC)CC)cc1OC.Cl. The van der Waals surface area contributed by atoms with E-state index in [1.165, 1.54) is 26.4 Å². The lowest BCUT2D eigenvalue weighted by Gasteiger charge is -2.17. The molecule has 0 N–H and O–H groups in total. The predicted molar refractivity (Wildman–Crippen MR) is 112 cm³/mol. The summed E-state index contributed by atoms with van der Waals surface area (Å²) in [6.45, 7) is 9.41. The Morgan fingerprint density at radius 3 is 2.00 bits per heavy atom. The Kier molecular flexibility index (Phi) is 13.6. The van der Waals surface area contributed by atoms with Gasteiger partial charge in [-0.25, -0.2) is 9.59 Å². The topological polar surface area (TPSA) is 83.5 Å². The van der Waals surface area contributed by atoms with Crippen LogP contribution in [0.2, 0.25) is 0 Å². The number of halogens is 1. The molecule has 8 nitrogen and oxygen atoms in total. The highest BCUT2D eigenvalue weighted by Gasteiger charge is 2.21. The molecule has 1 rings (SSSR count). The van der Waals surface area contributed by atoms with Crippen LogP contribution in [-0.2, 0) is 9.47 Å². The van der Waals surface area contributed by atoms with Gasteiger partial charge in [-0.2, -0.15) is 0 Å². The fourth-order valence-corrected chi connectivity index (χ4v) is 2.55. The van der Waals surface area contributed by atoms with Crippen molar-refractivity contribution in [3.63, 3.8) is 0 Å². The standard InChI is InChI=1S/C20H31NO7.ClH/c1-6-21(7-2)11-9-10-12-27-19(22)15-13-16(24-4)18(17(14-15)25-5)28-20(23)26-8-3;/h13-14H,6-12H2,1-5H3;1H. The van der Waals surface area contributed by atoms with E-state index in [2.05, 4.69) is 18.7 Å². The zero-order valence-corrected chi connectivity index (χ0v) is 18.6. The summed E-state index contributed by atoms with van der Waals surface area (Å²) in [5.41, 5.74) is 0.244. The van der Waals surface area contributed by atoms with E-state index < -0.39 is 12.1 Å². The van der Waals surface area contributed by atoms with Crippen molar-refractivity contribution in [3.8, 4) is 17.2 Å². The Hall–Kier alpha value is -2.19. The first kappa shape index (κ1) is 26.8. The van der Waals surface area contributed by atoms with E-state index in [1.54, 1.807) is 6.92 Å². The molecule has 0 bridgehead atoms. The maximum absolute atomic E-state index is 12.4. The van der Waals surface area contributed by atoms with Gasteiger partial charge >= 0.3 is 12.1 Å². The van der Waals surface area contributed by atoms with Crippen LogP contribution in [0.5, 0.6) is 17.2 Å². The first-order valence-electron chi connectivity index (χ1n) is 9.50. The Morgan fingerprint density at radius 2 is 1.52 bits per heavy atom. The summed E-state index contributed by atoms with van der Waals surface area (Å²) in [6.07, 6.45) is 0.844. The van der Waals surface area contributed by atoms with E-state index in [0.717, 1.165) is 32.5 Å². The first-order valence-corrected chi connectivity index (χ1v) is 9.50. The second kappa shape index (κ2) is 14.8. The van der Waals surface area contributed by atoms with Gasteiger partial charge in [0, 0.05) is 0 Å². The van der Waals surface area contributed by atoms with Gasteiger partial charge in [-0.3, -0.25) is 0 Å². The second-order valence-corrected chi connectivity index (χ2v) is 5.86. The average Bonchev–Trinajstić information content (AvgIpc) is 2.70. The van der Waals surface area contributed by atoms with Gasteiger partial charge in [-0.05, 0) is 51.5 Å². The first-order chi connectivity index (χ1) is 13.5. The smallest absolute Gasteiger partial charge is 0.493 e. The molecule has 0 atom stereocenters. The molecule has 9 heteroatoms. The highest BCUT2D eigenvalue weighted by atomic mass is 35.5. The number of benzene rings is 1. The maximum atomic E-state index is 12.4. The van der Waals surface area contributed by atoms with Crippen LogP contribution in [0.3, 0.4) is 0 Å². The minimum atomic E-state index is -0.886. The zero-order chi connectivity index (χ0) is 20.9. The van der Waals surface area contributed by atoms with E-state index in [4.69, 9.17) is 23.7 Å². The number of methoxy groups -OCH3 is 2. The van der Waals surface area contributed by atoms with Crippen LogP contribution >= 0.6 is 12.4 Å². The lowest BCUT2D eigenvalue weighted by molar-refractivity contribution is 0.0494. The van der Waals surface area contributed by atoms with E-state index >= 15 is 0 Å². The van der Waals surface area contributed by atoms with E-state index in [0.29, 0.717) is 6.61 Å². The van der Waals surface area contributed by atoms with Gasteiger partial charge in [0.2, 0.25) is 5.75 Å². The molecule has 0 aliphatic carbocycles. The number of esters is 1. The molecule has 0 unspecified atom stereocenters. The van der Waals surface area contributed by atoms with Gasteiger partial charge in [0.25, 0.3) is 0 Å². The van der Waals surface area contributed by atoms with E-state index in [-0.39, 0.29) is 41.8 Å². The maximum Gasteiger partial charge on any atom is 0.514 e. The summed E-state index contributed by atoms with van der Waals surface area (Å²) < 4.78 is 25.7. The quantitative estimate of drug-likeness (QED) is 0.278. The minimum absolute atomic E-state index is 0. The molecule has 0 aliphatic rings. The average molecular weight is 434 g/mol. The Morgan fingerprint density at radius 1 is 0.931 bits per heavy atom. The van der Waals surface area contributed by atoms with Gasteiger partial charge < -0.3 is 28.6 Å². The molecule has 0 heterocycles. The van der Waals surface area contributed by atoms with Crippen molar-refractivity contribution in [1.29, 1.82) is 0 Å². The highest BCUT2D eigenvalue weighted by molar-refractivity contribution is 5.91. The third-order valence-electron chi connectivity index (χ3n) is 4.14. The summed E-state index contributed by atoms with van der Waals surface area (Å²) in [7, 11) is 2.80. The van der Waals surface area contributed by atoms with E-state index in [1.807, 2.05) is 0 Å². The molecule has 0 aromatic heterocycles. The molecule has 0 saturated heterocycles. The van der Waals surface area contributed by atoms with Crippen LogP contribution in [0.4, 0.5) is 4.79 Å². The summed E-state index contributed by atoms with van der Waals surface area (Å²) in [5, 5.41) is 0. The number of carbonyl (C=O) groups excluding carboxylic acids is 2. The second-order valence-electron chi connectivity index (χ2n) is 5.86. The third-order valence-corrected chi connectivity index (χ3v) is 4.14. The van der Waals surface area contributed by atoms with Crippen molar-refractivity contribution >= 4 is 24.5 Å². The number of hydrogen-bond acceptors (Lipinski definition) is 8. The highest BCUT2D eigenvalue weighted by Crippen LogP contribution is 2.39. The van der Waals surface area contributed by atoms with Crippen molar-refractivity contribution in [1.82, 2.24) is 4.90 Å². The van der Waals surface area contributed by atoms with Crippen LogP contribution in [0.1, 0.15) is 44.0 Å². The molecule has 0 saturated carbocycles. The molecular formula is C20H32ClNO7. The summed E-state index contributed by atoms with van der Waals surface area (Å²) in [6, 6.07) is 2.88. The number of ether oxygens (including phenoxy) is 5. The number of rotatable bonds is 12. The van der Waals surface area contributed by atoms with Crippen LogP contribution in [0, 0.1) is 0 Å². The molecule has 1 aromatic carbocycles. The van der Waals surface area contributed by atoms with Gasteiger partial charge in [-0.1, -0.05) is 13.8 Å². The molecule has 166 valence electrons. The number of nitrogens with zero attached hydrogens (tertiary/aromatic N) is 1. The summed E-state index contributed by atoms with van der Waals surface area (Å²) in [5.74, 6) is -0.122. The van der Waals surface area contributed by atoms with Crippen molar-refractivity contribution in [2.75, 3.05) is 47.1 Å². The normalized spacial score (nSPS) is 10.1. The van der Waals surface area contributed by atoms with Crippen LogP contribution in [0.15, 0.2) is 12.1 Å². The molecule has 29 heavy (non-hydrogen) atoms. The molecule has 1 aromatic rings. The fourth-order valence-electron chi connectivity index (χ4n) is 2.55. The lowest BCUT2D eigenvalue weighted by Crippen LogP contribution is -2.24. The van der Waals surface area contributed by atoms with Crippen LogP contribution in [-0.4, -0.2) is 64.1 Å². The van der Waals surface area contributed by atoms with Gasteiger partial charge in [0.05, 0.1) is 33.0 Å². The van der Waals surface area contributed by atoms with Crippen LogP contribution < -0.4 is 14.2 Å². The lowest BCUT2D eigenvalue weighted by atomic mass is 10.2. The number of unbranched alkanes of at least 4 members (excludes halogenated alkanes) is 1. The predicted octanol–water partition coefficient (Wildman–Crippen LogP) is 3.94. The summed E-state index contributed by atoms with van der Waals surface area (Å²) in [4.78, 5) is 26.3. The molecule has 0 radical (unpaired) electrons. The molecular weight excluding hydrogens is 402 g/mol. The molecule has 0 amide bonds. The van der Waals surface area contributed by atoms with Crippen molar-refractivity contribution in [2.45, 2.75) is 33.6 Å². The summed E-state index contributed by atoms with van der Waals surface area (Å²) >= 11 is 0. The Balaban J connectivity index is 0.00000784. The van der Waals surface area contributed by atoms with Crippen molar-refractivity contribution < 1.29 is 33.3 Å². The Labute approximate surface area is 178 Å². The zero-order valence-electron chi connectivity index (χ0n) is 17.8. The monoisotopic (exact) mass is 433 g/mol. The van der Waals surface area contributed by atoms with Gasteiger partial charge in [-0.15, -0.1) is 12.4 Å². The molecule has 0 spiro atoms. The van der Waals surface area contributed by atoms with Crippen molar-refractivity contribution in [3.05, 3.63) is 17.7 Å². The number of carbonyl (C=O) groups is 2. The van der Waals surface area contributed by atoms with E-state index in [9.17, 15) is 9.59 Å². The van der Waals surface area contributed by atoms with Crippen molar-refractivity contribution in [2.24, 2.45) is 0 Å². The minimum Gasteiger partial charge on any atom is -0.493 e. The fraction of sp³-hybridized carbons (Fsp3) is 0.600. The Bertz CT molecular complexity index is 610. The van der Waals surface area contributed by atoms with Gasteiger partial charge in [0.15, 0.2) is 11.5 Å². The van der Waals surface area contributed by atoms with Crippen LogP contribution in [0.25, 0.3) is 0 Å². The number of hydrogen-bond donors (Lipinski definition) is 0. The molecule has 0 fully saturated rings. The third kappa shape index (κ3) is 8.79. The van der Waals surface area contributed by atoms with Gasteiger partial charge in [0.1, 0.15) is 0 Å².